The molecule has 0 radical (unpaired) electrons. The summed E-state index contributed by atoms with van der Waals surface area (Å²) in [7, 11) is 2.18. The molecule has 1 aliphatic rings. The molecule has 2 aromatic carbocycles. The molecule has 1 fully saturated rings. The minimum absolute atomic E-state index is 0.526. The van der Waals surface area contributed by atoms with Gasteiger partial charge >= 0.3 is 0 Å². The lowest BCUT2D eigenvalue weighted by Crippen LogP contribution is -2.43. The molecule has 3 aromatic rings. The van der Waals surface area contributed by atoms with E-state index in [2.05, 4.69) is 45.2 Å². The average Bonchev–Trinajstić information content (AvgIpc) is 3.20. The van der Waals surface area contributed by atoms with Crippen LogP contribution < -0.4 is 5.73 Å². The molecule has 0 spiro atoms. The van der Waals surface area contributed by atoms with Gasteiger partial charge < -0.3 is 15.2 Å². The van der Waals surface area contributed by atoms with Gasteiger partial charge in [0.1, 0.15) is 0 Å². The number of piperazine rings is 1. The number of benzene rings is 2. The first kappa shape index (κ1) is 17.9. The van der Waals surface area contributed by atoms with Crippen molar-refractivity contribution in [2.75, 3.05) is 33.2 Å². The van der Waals surface area contributed by atoms with Crippen molar-refractivity contribution in [3.05, 3.63) is 59.7 Å². The third-order valence-corrected chi connectivity index (χ3v) is 5.05. The summed E-state index contributed by atoms with van der Waals surface area (Å²) in [5.74, 6) is 1.14. The van der Waals surface area contributed by atoms with Crippen molar-refractivity contribution < 1.29 is 4.52 Å². The van der Waals surface area contributed by atoms with Crippen molar-refractivity contribution in [3.63, 3.8) is 0 Å². The topological polar surface area (TPSA) is 71.4 Å². The van der Waals surface area contributed by atoms with E-state index in [0.29, 0.717) is 18.3 Å². The lowest BCUT2D eigenvalue weighted by Gasteiger charge is -2.32. The van der Waals surface area contributed by atoms with Gasteiger partial charge in [-0.15, -0.1) is 0 Å². The Balaban J connectivity index is 1.49. The van der Waals surface area contributed by atoms with Gasteiger partial charge in [0.05, 0.1) is 0 Å². The van der Waals surface area contributed by atoms with E-state index in [1.807, 2.05) is 30.3 Å². The predicted molar refractivity (Wildman–Crippen MR) is 106 cm³/mol. The summed E-state index contributed by atoms with van der Waals surface area (Å²) < 4.78 is 5.51. The summed E-state index contributed by atoms with van der Waals surface area (Å²) in [5, 5.41) is 4.14. The van der Waals surface area contributed by atoms with E-state index in [-0.39, 0.29) is 0 Å². The van der Waals surface area contributed by atoms with Crippen LogP contribution in [0.25, 0.3) is 22.8 Å². The van der Waals surface area contributed by atoms with Crippen molar-refractivity contribution in [1.29, 1.82) is 0 Å². The van der Waals surface area contributed by atoms with Crippen LogP contribution in [0.1, 0.15) is 11.1 Å². The molecule has 0 aliphatic carbocycles. The fourth-order valence-electron chi connectivity index (χ4n) is 3.31. The smallest absolute Gasteiger partial charge is 0.258 e. The van der Waals surface area contributed by atoms with Crippen LogP contribution in [-0.2, 0) is 13.1 Å². The van der Waals surface area contributed by atoms with Crippen molar-refractivity contribution in [2.45, 2.75) is 13.1 Å². The molecule has 0 saturated carbocycles. The van der Waals surface area contributed by atoms with Crippen LogP contribution in [-0.4, -0.2) is 53.2 Å². The molecular weight excluding hydrogens is 338 g/mol. The molecule has 4 rings (SSSR count). The van der Waals surface area contributed by atoms with E-state index in [4.69, 9.17) is 10.3 Å². The zero-order valence-corrected chi connectivity index (χ0v) is 15.6. The highest BCUT2D eigenvalue weighted by Gasteiger charge is 2.15. The van der Waals surface area contributed by atoms with Crippen LogP contribution in [0.5, 0.6) is 0 Å². The van der Waals surface area contributed by atoms with Crippen molar-refractivity contribution in [2.24, 2.45) is 5.73 Å². The Morgan fingerprint density at radius 1 is 0.963 bits per heavy atom. The third-order valence-electron chi connectivity index (χ3n) is 5.05. The van der Waals surface area contributed by atoms with Crippen LogP contribution in [0.4, 0.5) is 0 Å². The maximum Gasteiger partial charge on any atom is 0.258 e. The molecule has 1 saturated heterocycles. The standard InChI is InChI=1S/C21H25N5O/c1-25-9-11-26(12-10-25)15-17-3-2-4-19(13-17)21-23-20(24-27-21)18-7-5-16(14-22)6-8-18/h2-8,13H,9-12,14-15,22H2,1H3. The van der Waals surface area contributed by atoms with Crippen molar-refractivity contribution >= 4 is 0 Å². The first-order chi connectivity index (χ1) is 13.2. The number of rotatable bonds is 5. The number of nitrogens with zero attached hydrogens (tertiary/aromatic N) is 4. The van der Waals surface area contributed by atoms with Gasteiger partial charge in [-0.05, 0) is 30.3 Å². The quantitative estimate of drug-likeness (QED) is 0.751. The van der Waals surface area contributed by atoms with Crippen LogP contribution in [0.15, 0.2) is 53.1 Å². The third kappa shape index (κ3) is 4.24. The largest absolute Gasteiger partial charge is 0.334 e. The Labute approximate surface area is 159 Å². The monoisotopic (exact) mass is 363 g/mol. The van der Waals surface area contributed by atoms with Crippen LogP contribution >= 0.6 is 0 Å². The van der Waals surface area contributed by atoms with Gasteiger partial charge in [0.15, 0.2) is 0 Å². The maximum absolute atomic E-state index is 5.65. The Morgan fingerprint density at radius 3 is 2.48 bits per heavy atom. The summed E-state index contributed by atoms with van der Waals surface area (Å²) in [4.78, 5) is 9.43. The first-order valence-electron chi connectivity index (χ1n) is 9.34. The Kier molecular flexibility index (Phi) is 5.29. The van der Waals surface area contributed by atoms with Gasteiger partial charge in [-0.25, -0.2) is 0 Å². The number of hydrogen-bond donors (Lipinski definition) is 1. The number of aromatic nitrogens is 2. The van der Waals surface area contributed by atoms with E-state index < -0.39 is 0 Å². The minimum atomic E-state index is 0.526. The highest BCUT2D eigenvalue weighted by atomic mass is 16.5. The lowest BCUT2D eigenvalue weighted by molar-refractivity contribution is 0.148. The molecule has 1 aliphatic heterocycles. The van der Waals surface area contributed by atoms with Crippen LogP contribution in [0, 0.1) is 0 Å². The highest BCUT2D eigenvalue weighted by Crippen LogP contribution is 2.23. The van der Waals surface area contributed by atoms with Gasteiger partial charge in [0.2, 0.25) is 5.82 Å². The maximum atomic E-state index is 5.65. The van der Waals surface area contributed by atoms with Crippen LogP contribution in [0.2, 0.25) is 0 Å². The SMILES string of the molecule is CN1CCN(Cc2cccc(-c3nc(-c4ccc(CN)cc4)no3)c2)CC1. The highest BCUT2D eigenvalue weighted by molar-refractivity contribution is 5.60. The fraction of sp³-hybridized carbons (Fsp3) is 0.333. The second-order valence-corrected chi connectivity index (χ2v) is 7.10. The van der Waals surface area contributed by atoms with Crippen molar-refractivity contribution in [3.8, 4) is 22.8 Å². The molecular formula is C21H25N5O. The molecule has 6 heteroatoms. The molecule has 0 bridgehead atoms. The number of nitrogens with two attached hydrogens (primary N) is 1. The molecule has 140 valence electrons. The second kappa shape index (κ2) is 8.00. The molecule has 0 unspecified atom stereocenters. The lowest BCUT2D eigenvalue weighted by atomic mass is 10.1. The van der Waals surface area contributed by atoms with E-state index >= 15 is 0 Å². The van der Waals surface area contributed by atoms with Gasteiger partial charge in [-0.3, -0.25) is 4.90 Å². The van der Waals surface area contributed by atoms with E-state index in [0.717, 1.165) is 49.4 Å². The Morgan fingerprint density at radius 2 is 1.74 bits per heavy atom. The van der Waals surface area contributed by atoms with Gasteiger partial charge in [-0.2, -0.15) is 4.98 Å². The zero-order valence-electron chi connectivity index (χ0n) is 15.6. The molecule has 0 amide bonds. The van der Waals surface area contributed by atoms with E-state index in [1.54, 1.807) is 0 Å². The van der Waals surface area contributed by atoms with Gasteiger partial charge in [0.25, 0.3) is 5.89 Å². The average molecular weight is 363 g/mol. The Hall–Kier alpha value is -2.54. The Bertz CT molecular complexity index is 882. The molecule has 2 heterocycles. The summed E-state index contributed by atoms with van der Waals surface area (Å²) in [6, 6.07) is 16.3. The van der Waals surface area contributed by atoms with Gasteiger partial charge in [0, 0.05) is 50.4 Å². The summed E-state index contributed by atoms with van der Waals surface area (Å²) in [6.07, 6.45) is 0. The van der Waals surface area contributed by atoms with E-state index in [1.165, 1.54) is 5.56 Å². The molecule has 27 heavy (non-hydrogen) atoms. The molecule has 0 atom stereocenters. The summed E-state index contributed by atoms with van der Waals surface area (Å²) in [5.41, 5.74) is 9.89. The number of likely N-dealkylation sites (N-methyl/N-ethyl adjacent to an activating group) is 1. The normalized spacial score (nSPS) is 15.9. The summed E-state index contributed by atoms with van der Waals surface area (Å²) >= 11 is 0. The summed E-state index contributed by atoms with van der Waals surface area (Å²) in [6.45, 7) is 5.92. The molecule has 1 aromatic heterocycles. The minimum Gasteiger partial charge on any atom is -0.334 e. The second-order valence-electron chi connectivity index (χ2n) is 7.10. The number of hydrogen-bond acceptors (Lipinski definition) is 6. The van der Waals surface area contributed by atoms with E-state index in [9.17, 15) is 0 Å². The van der Waals surface area contributed by atoms with Crippen LogP contribution in [0.3, 0.4) is 0 Å². The van der Waals surface area contributed by atoms with Gasteiger partial charge in [-0.1, -0.05) is 41.6 Å². The predicted octanol–water partition coefficient (Wildman–Crippen LogP) is 2.61. The molecule has 6 nitrogen and oxygen atoms in total. The van der Waals surface area contributed by atoms with Crippen molar-refractivity contribution in [1.82, 2.24) is 19.9 Å². The first-order valence-corrected chi connectivity index (χ1v) is 9.34. The molecule has 2 N–H and O–H groups in total. The fourth-order valence-corrected chi connectivity index (χ4v) is 3.31. The zero-order chi connectivity index (χ0) is 18.6.